The second-order valence-corrected chi connectivity index (χ2v) is 4.79. The Morgan fingerprint density at radius 3 is 2.43 bits per heavy atom. The Morgan fingerprint density at radius 2 is 1.86 bits per heavy atom. The molecule has 0 heterocycles. The number of carbonyl (C=O) groups excluding carboxylic acids is 1. The third-order valence-electron chi connectivity index (χ3n) is 1.67. The lowest BCUT2D eigenvalue weighted by Gasteiger charge is -2.01. The van der Waals surface area contributed by atoms with Crippen LogP contribution in [-0.4, -0.2) is 21.0 Å². The zero-order chi connectivity index (χ0) is 10.6. The Labute approximate surface area is 83.0 Å². The maximum Gasteiger partial charge on any atom is 0.176 e. The van der Waals surface area contributed by atoms with E-state index in [9.17, 15) is 13.2 Å². The maximum atomic E-state index is 11.3. The van der Waals surface area contributed by atoms with Gasteiger partial charge in [-0.2, -0.15) is 0 Å². The number of hydrogen-bond acceptors (Lipinski definition) is 3. The summed E-state index contributed by atoms with van der Waals surface area (Å²) in [5.74, 6) is 0. The molecule has 1 rings (SSSR count). The Kier molecular flexibility index (Phi) is 3.19. The van der Waals surface area contributed by atoms with Crippen LogP contribution in [0.25, 0.3) is 6.08 Å². The van der Waals surface area contributed by atoms with Gasteiger partial charge in [0.1, 0.15) is 6.29 Å². The molecular formula is C10H10O3S. The summed E-state index contributed by atoms with van der Waals surface area (Å²) in [4.78, 5) is 10.3. The molecule has 3 nitrogen and oxygen atoms in total. The normalized spacial score (nSPS) is 11.8. The van der Waals surface area contributed by atoms with Gasteiger partial charge in [-0.05, 0) is 17.7 Å². The highest BCUT2D eigenvalue weighted by molar-refractivity contribution is 7.90. The standard InChI is InChI=1S/C10H10O3S/c1-14(12,13)10-7-3-2-5-9(10)6-4-8-11/h2-8H,1H3. The molecule has 14 heavy (non-hydrogen) atoms. The van der Waals surface area contributed by atoms with Crippen molar-refractivity contribution in [2.75, 3.05) is 6.26 Å². The molecule has 0 bridgehead atoms. The van der Waals surface area contributed by atoms with Gasteiger partial charge in [-0.1, -0.05) is 24.3 Å². The second-order valence-electron chi connectivity index (χ2n) is 2.81. The van der Waals surface area contributed by atoms with Crippen molar-refractivity contribution in [1.82, 2.24) is 0 Å². The van der Waals surface area contributed by atoms with E-state index in [-0.39, 0.29) is 4.90 Å². The number of aldehydes is 1. The Balaban J connectivity index is 3.30. The van der Waals surface area contributed by atoms with E-state index in [1.807, 2.05) is 0 Å². The van der Waals surface area contributed by atoms with Crippen molar-refractivity contribution in [2.24, 2.45) is 0 Å². The topological polar surface area (TPSA) is 51.2 Å². The summed E-state index contributed by atoms with van der Waals surface area (Å²) in [5, 5.41) is 0. The average Bonchev–Trinajstić information content (AvgIpc) is 2.14. The molecule has 0 saturated carbocycles. The van der Waals surface area contributed by atoms with Crippen molar-refractivity contribution in [3.05, 3.63) is 35.9 Å². The van der Waals surface area contributed by atoms with Gasteiger partial charge in [0.2, 0.25) is 0 Å². The van der Waals surface area contributed by atoms with Crippen molar-refractivity contribution in [3.63, 3.8) is 0 Å². The van der Waals surface area contributed by atoms with Crippen LogP contribution in [0.3, 0.4) is 0 Å². The van der Waals surface area contributed by atoms with Gasteiger partial charge < -0.3 is 0 Å². The Hall–Kier alpha value is -1.42. The molecule has 1 aromatic rings. The molecule has 0 unspecified atom stereocenters. The van der Waals surface area contributed by atoms with Crippen molar-refractivity contribution < 1.29 is 13.2 Å². The fourth-order valence-corrected chi connectivity index (χ4v) is 1.99. The van der Waals surface area contributed by atoms with E-state index in [1.165, 1.54) is 18.2 Å². The van der Waals surface area contributed by atoms with Gasteiger partial charge in [0.15, 0.2) is 9.84 Å². The number of allylic oxidation sites excluding steroid dienone is 1. The minimum Gasteiger partial charge on any atom is -0.299 e. The predicted molar refractivity (Wildman–Crippen MR) is 54.6 cm³/mol. The Bertz CT molecular complexity index is 458. The van der Waals surface area contributed by atoms with Crippen LogP contribution >= 0.6 is 0 Å². The third-order valence-corrected chi connectivity index (χ3v) is 2.84. The number of benzene rings is 1. The summed E-state index contributed by atoms with van der Waals surface area (Å²) < 4.78 is 22.6. The fraction of sp³-hybridized carbons (Fsp3) is 0.100. The third kappa shape index (κ3) is 2.53. The first-order chi connectivity index (χ1) is 6.55. The number of carbonyl (C=O) groups is 1. The van der Waals surface area contributed by atoms with Gasteiger partial charge in [0.05, 0.1) is 4.90 Å². The molecule has 0 saturated heterocycles. The van der Waals surface area contributed by atoms with Gasteiger partial charge in [-0.15, -0.1) is 0 Å². The molecule has 0 atom stereocenters. The van der Waals surface area contributed by atoms with E-state index in [0.717, 1.165) is 6.26 Å². The number of sulfone groups is 1. The lowest BCUT2D eigenvalue weighted by atomic mass is 10.2. The first kappa shape index (κ1) is 10.7. The fourth-order valence-electron chi connectivity index (χ4n) is 1.10. The number of hydrogen-bond donors (Lipinski definition) is 0. The molecule has 1 aromatic carbocycles. The molecule has 0 fully saturated rings. The van der Waals surface area contributed by atoms with E-state index >= 15 is 0 Å². The molecule has 0 aliphatic rings. The maximum absolute atomic E-state index is 11.3. The molecule has 0 radical (unpaired) electrons. The lowest BCUT2D eigenvalue weighted by Crippen LogP contribution is -1.99. The molecular weight excluding hydrogens is 200 g/mol. The number of rotatable bonds is 3. The zero-order valence-electron chi connectivity index (χ0n) is 7.67. The van der Waals surface area contributed by atoms with Crippen LogP contribution in [0.1, 0.15) is 5.56 Å². The van der Waals surface area contributed by atoms with Gasteiger partial charge in [0, 0.05) is 6.26 Å². The van der Waals surface area contributed by atoms with Crippen molar-refractivity contribution in [3.8, 4) is 0 Å². The van der Waals surface area contributed by atoms with E-state index in [2.05, 4.69) is 0 Å². The van der Waals surface area contributed by atoms with Crippen LogP contribution < -0.4 is 0 Å². The van der Waals surface area contributed by atoms with E-state index in [0.29, 0.717) is 11.8 Å². The molecule has 0 spiro atoms. The van der Waals surface area contributed by atoms with Crippen LogP contribution in [0.2, 0.25) is 0 Å². The summed E-state index contributed by atoms with van der Waals surface area (Å²) in [7, 11) is -3.23. The van der Waals surface area contributed by atoms with Crippen LogP contribution in [0.4, 0.5) is 0 Å². The first-order valence-electron chi connectivity index (χ1n) is 3.96. The van der Waals surface area contributed by atoms with E-state index in [1.54, 1.807) is 18.2 Å². The van der Waals surface area contributed by atoms with Crippen LogP contribution in [-0.2, 0) is 14.6 Å². The summed E-state index contributed by atoms with van der Waals surface area (Å²) in [6, 6.07) is 6.53. The van der Waals surface area contributed by atoms with Crippen molar-refractivity contribution in [2.45, 2.75) is 4.90 Å². The SMILES string of the molecule is CS(=O)(=O)c1ccccc1C=CC=O. The van der Waals surface area contributed by atoms with Crippen LogP contribution in [0, 0.1) is 0 Å². The van der Waals surface area contributed by atoms with Crippen molar-refractivity contribution >= 4 is 22.2 Å². The van der Waals surface area contributed by atoms with Gasteiger partial charge >= 0.3 is 0 Å². The molecule has 4 heteroatoms. The summed E-state index contributed by atoms with van der Waals surface area (Å²) in [6.45, 7) is 0. The summed E-state index contributed by atoms with van der Waals surface area (Å²) in [5.41, 5.74) is 0.530. The highest BCUT2D eigenvalue weighted by Crippen LogP contribution is 2.16. The molecule has 0 amide bonds. The average molecular weight is 210 g/mol. The lowest BCUT2D eigenvalue weighted by molar-refractivity contribution is -0.104. The summed E-state index contributed by atoms with van der Waals surface area (Å²) in [6.07, 6.45) is 4.49. The minimum atomic E-state index is -3.23. The van der Waals surface area contributed by atoms with Gasteiger partial charge in [-0.25, -0.2) is 8.42 Å². The smallest absolute Gasteiger partial charge is 0.176 e. The minimum absolute atomic E-state index is 0.234. The van der Waals surface area contributed by atoms with Crippen LogP contribution in [0.15, 0.2) is 35.2 Å². The van der Waals surface area contributed by atoms with Crippen molar-refractivity contribution in [1.29, 1.82) is 0 Å². The highest BCUT2D eigenvalue weighted by atomic mass is 32.2. The molecule has 0 N–H and O–H groups in total. The zero-order valence-corrected chi connectivity index (χ0v) is 8.49. The van der Waals surface area contributed by atoms with Gasteiger partial charge in [-0.3, -0.25) is 4.79 Å². The largest absolute Gasteiger partial charge is 0.299 e. The second kappa shape index (κ2) is 4.19. The monoisotopic (exact) mass is 210 g/mol. The molecule has 0 aliphatic heterocycles. The van der Waals surface area contributed by atoms with Gasteiger partial charge in [0.25, 0.3) is 0 Å². The first-order valence-corrected chi connectivity index (χ1v) is 5.86. The quantitative estimate of drug-likeness (QED) is 0.558. The van der Waals surface area contributed by atoms with Crippen LogP contribution in [0.5, 0.6) is 0 Å². The molecule has 74 valence electrons. The highest BCUT2D eigenvalue weighted by Gasteiger charge is 2.09. The van der Waals surface area contributed by atoms with E-state index < -0.39 is 9.84 Å². The summed E-state index contributed by atoms with van der Waals surface area (Å²) >= 11 is 0. The predicted octanol–water partition coefficient (Wildman–Crippen LogP) is 1.30. The molecule has 0 aromatic heterocycles. The van der Waals surface area contributed by atoms with E-state index in [4.69, 9.17) is 0 Å². The molecule has 0 aliphatic carbocycles. The Morgan fingerprint density at radius 1 is 1.21 bits per heavy atom.